The maximum Gasteiger partial charge on any atom is 0.315 e. The van der Waals surface area contributed by atoms with Gasteiger partial charge in [-0.05, 0) is 13.3 Å². The highest BCUT2D eigenvalue weighted by atomic mass is 16.5. The summed E-state index contributed by atoms with van der Waals surface area (Å²) in [5, 5.41) is 17.2. The summed E-state index contributed by atoms with van der Waals surface area (Å²) < 4.78 is 4.83. The molecule has 7 nitrogen and oxygen atoms in total. The highest BCUT2D eigenvalue weighted by Crippen LogP contribution is 2.00. The molecule has 17 heavy (non-hydrogen) atoms. The molecule has 0 aliphatic rings. The number of carbonyl (C=O) groups is 2. The molecule has 0 saturated carbocycles. The molecule has 94 valence electrons. The molecule has 3 N–H and O–H groups in total. The van der Waals surface area contributed by atoms with Crippen molar-refractivity contribution in [2.45, 2.75) is 26.3 Å². The predicted molar refractivity (Wildman–Crippen MR) is 58.3 cm³/mol. The first-order valence-corrected chi connectivity index (χ1v) is 5.23. The van der Waals surface area contributed by atoms with E-state index in [4.69, 9.17) is 9.63 Å². The van der Waals surface area contributed by atoms with E-state index in [1.165, 1.54) is 0 Å². The third-order valence-corrected chi connectivity index (χ3v) is 1.96. The zero-order chi connectivity index (χ0) is 12.7. The molecule has 1 aromatic rings. The minimum absolute atomic E-state index is 0.0444. The van der Waals surface area contributed by atoms with Crippen LogP contribution in [0.25, 0.3) is 0 Å². The van der Waals surface area contributed by atoms with Crippen LogP contribution in [-0.4, -0.2) is 28.8 Å². The fourth-order valence-electron chi connectivity index (χ4n) is 1.18. The van der Waals surface area contributed by atoms with Crippen molar-refractivity contribution in [1.29, 1.82) is 0 Å². The number of carboxylic acids is 1. The van der Waals surface area contributed by atoms with Crippen LogP contribution in [0, 0.1) is 6.92 Å². The highest BCUT2D eigenvalue weighted by Gasteiger charge is 2.03. The number of carboxylic acid groups (broad SMARTS) is 1. The number of hydrogen-bond acceptors (Lipinski definition) is 4. The zero-order valence-corrected chi connectivity index (χ0v) is 9.52. The van der Waals surface area contributed by atoms with Crippen LogP contribution < -0.4 is 10.6 Å². The van der Waals surface area contributed by atoms with E-state index in [0.29, 0.717) is 24.4 Å². The van der Waals surface area contributed by atoms with Crippen molar-refractivity contribution in [3.8, 4) is 0 Å². The summed E-state index contributed by atoms with van der Waals surface area (Å²) in [6.07, 6.45) is 0.453. The Balaban J connectivity index is 2.11. The minimum atomic E-state index is -0.870. The predicted octanol–water partition coefficient (Wildman–Crippen LogP) is 0.647. The van der Waals surface area contributed by atoms with E-state index in [1.807, 2.05) is 0 Å². The van der Waals surface area contributed by atoms with Crippen LogP contribution in [0.15, 0.2) is 10.6 Å². The molecule has 0 aromatic carbocycles. The first-order valence-electron chi connectivity index (χ1n) is 5.23. The molecule has 0 aliphatic carbocycles. The van der Waals surface area contributed by atoms with Crippen LogP contribution in [0.1, 0.15) is 24.3 Å². The molecular formula is C10H15N3O4. The number of urea groups is 1. The monoisotopic (exact) mass is 241 g/mol. The van der Waals surface area contributed by atoms with Crippen molar-refractivity contribution in [3.63, 3.8) is 0 Å². The molecule has 0 spiro atoms. The Labute approximate surface area is 98.2 Å². The first-order chi connectivity index (χ1) is 8.08. The molecule has 2 amide bonds. The van der Waals surface area contributed by atoms with E-state index in [0.717, 1.165) is 0 Å². The number of amides is 2. The zero-order valence-electron chi connectivity index (χ0n) is 9.52. The van der Waals surface area contributed by atoms with Gasteiger partial charge in [-0.3, -0.25) is 4.79 Å². The van der Waals surface area contributed by atoms with Gasteiger partial charge in [0.15, 0.2) is 0 Å². The van der Waals surface area contributed by atoms with E-state index >= 15 is 0 Å². The maximum atomic E-state index is 11.2. The van der Waals surface area contributed by atoms with Crippen molar-refractivity contribution in [2.75, 3.05) is 6.54 Å². The van der Waals surface area contributed by atoms with Crippen molar-refractivity contribution in [1.82, 2.24) is 15.8 Å². The van der Waals surface area contributed by atoms with Crippen molar-refractivity contribution < 1.29 is 19.2 Å². The van der Waals surface area contributed by atoms with Crippen LogP contribution >= 0.6 is 0 Å². The molecule has 0 aliphatic heterocycles. The number of carbonyl (C=O) groups excluding carboxylic acids is 1. The van der Waals surface area contributed by atoms with Crippen LogP contribution in [0.5, 0.6) is 0 Å². The van der Waals surface area contributed by atoms with Gasteiger partial charge >= 0.3 is 12.0 Å². The number of aliphatic carboxylic acids is 1. The second kappa shape index (κ2) is 6.51. The van der Waals surface area contributed by atoms with Gasteiger partial charge in [-0.2, -0.15) is 0 Å². The van der Waals surface area contributed by atoms with E-state index in [1.54, 1.807) is 13.0 Å². The number of aryl methyl sites for hydroxylation is 1. The standard InChI is InChI=1S/C10H15N3O4/c1-7-5-8(13-17-7)6-12-10(16)11-4-2-3-9(14)15/h5H,2-4,6H2,1H3,(H,14,15)(H2,11,12,16). The molecule has 0 atom stereocenters. The Hall–Kier alpha value is -2.05. The fraction of sp³-hybridized carbons (Fsp3) is 0.500. The second-order valence-electron chi connectivity index (χ2n) is 3.54. The van der Waals surface area contributed by atoms with Crippen LogP contribution in [0.3, 0.4) is 0 Å². The molecule has 0 bridgehead atoms. The van der Waals surface area contributed by atoms with Crippen molar-refractivity contribution in [3.05, 3.63) is 17.5 Å². The number of rotatable bonds is 6. The third kappa shape index (κ3) is 5.55. The number of nitrogens with zero attached hydrogens (tertiary/aromatic N) is 1. The van der Waals surface area contributed by atoms with Crippen LogP contribution in [-0.2, 0) is 11.3 Å². The van der Waals surface area contributed by atoms with Crippen molar-refractivity contribution >= 4 is 12.0 Å². The average molecular weight is 241 g/mol. The summed E-state index contributed by atoms with van der Waals surface area (Å²) in [7, 11) is 0. The topological polar surface area (TPSA) is 104 Å². The number of nitrogens with one attached hydrogen (secondary N) is 2. The van der Waals surface area contributed by atoms with Gasteiger partial charge in [-0.25, -0.2) is 4.79 Å². The highest BCUT2D eigenvalue weighted by molar-refractivity contribution is 5.73. The lowest BCUT2D eigenvalue weighted by Crippen LogP contribution is -2.35. The quantitative estimate of drug-likeness (QED) is 0.634. The summed E-state index contributed by atoms with van der Waals surface area (Å²) in [6.45, 7) is 2.38. The summed E-state index contributed by atoms with van der Waals surface area (Å²) in [6, 6.07) is 1.38. The number of aromatic nitrogens is 1. The molecule has 1 heterocycles. The van der Waals surface area contributed by atoms with Gasteiger partial charge in [0.05, 0.1) is 6.54 Å². The lowest BCUT2D eigenvalue weighted by atomic mass is 10.3. The summed E-state index contributed by atoms with van der Waals surface area (Å²) in [5.74, 6) is -0.186. The molecule has 7 heteroatoms. The Kier molecular flexibility index (Phi) is 4.99. The van der Waals surface area contributed by atoms with Gasteiger partial charge in [-0.1, -0.05) is 5.16 Å². The Bertz CT molecular complexity index is 389. The molecule has 0 saturated heterocycles. The second-order valence-corrected chi connectivity index (χ2v) is 3.54. The van der Waals surface area contributed by atoms with Crippen LogP contribution in [0.2, 0.25) is 0 Å². The van der Waals surface area contributed by atoms with E-state index in [-0.39, 0.29) is 19.0 Å². The van der Waals surface area contributed by atoms with E-state index < -0.39 is 5.97 Å². The Morgan fingerprint density at radius 3 is 2.82 bits per heavy atom. The third-order valence-electron chi connectivity index (χ3n) is 1.96. The minimum Gasteiger partial charge on any atom is -0.481 e. The molecule has 1 rings (SSSR count). The Morgan fingerprint density at radius 2 is 2.24 bits per heavy atom. The molecule has 1 aromatic heterocycles. The van der Waals surface area contributed by atoms with Gasteiger partial charge in [0.25, 0.3) is 0 Å². The maximum absolute atomic E-state index is 11.2. The molecular weight excluding hydrogens is 226 g/mol. The van der Waals surface area contributed by atoms with Gasteiger partial charge in [0.2, 0.25) is 0 Å². The molecule has 0 unspecified atom stereocenters. The van der Waals surface area contributed by atoms with Gasteiger partial charge in [-0.15, -0.1) is 0 Å². The first kappa shape index (κ1) is 13.0. The van der Waals surface area contributed by atoms with Crippen LogP contribution in [0.4, 0.5) is 4.79 Å². The largest absolute Gasteiger partial charge is 0.481 e. The van der Waals surface area contributed by atoms with Gasteiger partial charge in [0.1, 0.15) is 11.5 Å². The summed E-state index contributed by atoms with van der Waals surface area (Å²) in [5.41, 5.74) is 0.642. The summed E-state index contributed by atoms with van der Waals surface area (Å²) >= 11 is 0. The Morgan fingerprint density at radius 1 is 1.47 bits per heavy atom. The van der Waals surface area contributed by atoms with Gasteiger partial charge in [0, 0.05) is 19.0 Å². The van der Waals surface area contributed by atoms with Crippen molar-refractivity contribution in [2.24, 2.45) is 0 Å². The smallest absolute Gasteiger partial charge is 0.315 e. The fourth-order valence-corrected chi connectivity index (χ4v) is 1.18. The normalized spacial score (nSPS) is 9.94. The lowest BCUT2D eigenvalue weighted by molar-refractivity contribution is -0.137. The SMILES string of the molecule is Cc1cc(CNC(=O)NCCCC(=O)O)no1. The van der Waals surface area contributed by atoms with E-state index in [2.05, 4.69) is 15.8 Å². The lowest BCUT2D eigenvalue weighted by Gasteiger charge is -2.04. The number of hydrogen-bond donors (Lipinski definition) is 3. The molecule has 0 radical (unpaired) electrons. The molecule has 0 fully saturated rings. The van der Waals surface area contributed by atoms with Gasteiger partial charge < -0.3 is 20.3 Å². The summed E-state index contributed by atoms with van der Waals surface area (Å²) in [4.78, 5) is 21.4. The van der Waals surface area contributed by atoms with E-state index in [9.17, 15) is 9.59 Å². The average Bonchev–Trinajstić information content (AvgIpc) is 2.67.